The van der Waals surface area contributed by atoms with Crippen LogP contribution in [0.2, 0.25) is 0 Å². The van der Waals surface area contributed by atoms with Crippen LogP contribution in [0.3, 0.4) is 0 Å². The van der Waals surface area contributed by atoms with E-state index in [1.54, 1.807) is 42.5 Å². The average Bonchev–Trinajstić information content (AvgIpc) is 2.49. The van der Waals surface area contributed by atoms with Gasteiger partial charge in [0.1, 0.15) is 23.9 Å². The first-order valence-corrected chi connectivity index (χ1v) is 6.80. The molecule has 0 heterocycles. The molecule has 0 saturated heterocycles. The first-order chi connectivity index (χ1) is 10.2. The van der Waals surface area contributed by atoms with Gasteiger partial charge >= 0.3 is 0 Å². The summed E-state index contributed by atoms with van der Waals surface area (Å²) in [5, 5.41) is 0. The highest BCUT2D eigenvalue weighted by molar-refractivity contribution is 5.82. The van der Waals surface area contributed by atoms with Crippen molar-refractivity contribution in [3.05, 3.63) is 59.9 Å². The van der Waals surface area contributed by atoms with Gasteiger partial charge in [0.25, 0.3) is 0 Å². The minimum absolute atomic E-state index is 0.0315. The van der Waals surface area contributed by atoms with Gasteiger partial charge in [0.2, 0.25) is 0 Å². The van der Waals surface area contributed by atoms with Crippen LogP contribution in [0, 0.1) is 5.82 Å². The minimum Gasteiger partial charge on any atom is -0.494 e. The highest BCUT2D eigenvalue weighted by Crippen LogP contribution is 2.17. The molecule has 0 aliphatic heterocycles. The van der Waals surface area contributed by atoms with Crippen LogP contribution in [0.5, 0.6) is 11.5 Å². The molecule has 21 heavy (non-hydrogen) atoms. The predicted octanol–water partition coefficient (Wildman–Crippen LogP) is 3.42. The standard InChI is InChI=1S/C17H17FO3/c1-2-20-15-7-9-16(10-8-15)21-12-14(19)11-13-5-3-4-6-17(13)18/h3-10H,2,11-12H2,1H3. The Labute approximate surface area is 123 Å². The molecule has 0 atom stereocenters. The number of Topliss-reactive ketones (excluding diaryl/α,β-unsaturated/α-hetero) is 1. The van der Waals surface area contributed by atoms with Gasteiger partial charge in [-0.15, -0.1) is 0 Å². The molecule has 0 aliphatic carbocycles. The zero-order valence-electron chi connectivity index (χ0n) is 11.8. The number of hydrogen-bond acceptors (Lipinski definition) is 3. The van der Waals surface area contributed by atoms with Crippen molar-refractivity contribution in [1.29, 1.82) is 0 Å². The smallest absolute Gasteiger partial charge is 0.174 e. The fourth-order valence-electron chi connectivity index (χ4n) is 1.87. The van der Waals surface area contributed by atoms with Crippen LogP contribution in [0.15, 0.2) is 48.5 Å². The molecule has 4 heteroatoms. The second kappa shape index (κ2) is 7.43. The molecular formula is C17H17FO3. The monoisotopic (exact) mass is 288 g/mol. The van der Waals surface area contributed by atoms with Crippen LogP contribution in [0.25, 0.3) is 0 Å². The maximum absolute atomic E-state index is 13.4. The summed E-state index contributed by atoms with van der Waals surface area (Å²) in [7, 11) is 0. The first-order valence-electron chi connectivity index (χ1n) is 6.80. The van der Waals surface area contributed by atoms with E-state index in [2.05, 4.69) is 0 Å². The molecule has 0 amide bonds. The third-order valence-electron chi connectivity index (χ3n) is 2.88. The van der Waals surface area contributed by atoms with Crippen molar-refractivity contribution in [2.45, 2.75) is 13.3 Å². The van der Waals surface area contributed by atoms with E-state index in [-0.39, 0.29) is 24.6 Å². The third kappa shape index (κ3) is 4.60. The van der Waals surface area contributed by atoms with Crippen LogP contribution >= 0.6 is 0 Å². The SMILES string of the molecule is CCOc1ccc(OCC(=O)Cc2ccccc2F)cc1. The lowest BCUT2D eigenvalue weighted by Crippen LogP contribution is -2.14. The average molecular weight is 288 g/mol. The zero-order valence-corrected chi connectivity index (χ0v) is 11.8. The molecule has 0 aromatic heterocycles. The summed E-state index contributed by atoms with van der Waals surface area (Å²) in [6.07, 6.45) is 0.0315. The molecule has 0 unspecified atom stereocenters. The number of ether oxygens (including phenoxy) is 2. The molecule has 0 bridgehead atoms. The Morgan fingerprint density at radius 2 is 1.62 bits per heavy atom. The molecule has 110 valence electrons. The molecule has 2 rings (SSSR count). The summed E-state index contributed by atoms with van der Waals surface area (Å²) in [5.74, 6) is 0.795. The van der Waals surface area contributed by atoms with Gasteiger partial charge < -0.3 is 9.47 Å². The summed E-state index contributed by atoms with van der Waals surface area (Å²) in [4.78, 5) is 11.8. The van der Waals surface area contributed by atoms with E-state index in [1.165, 1.54) is 6.07 Å². The summed E-state index contributed by atoms with van der Waals surface area (Å²) in [6.45, 7) is 2.43. The van der Waals surface area contributed by atoms with Crippen molar-refractivity contribution in [3.8, 4) is 11.5 Å². The van der Waals surface area contributed by atoms with Gasteiger partial charge in [-0.1, -0.05) is 18.2 Å². The number of rotatable bonds is 7. The fraction of sp³-hybridized carbons (Fsp3) is 0.235. The van der Waals surface area contributed by atoms with E-state index in [1.807, 2.05) is 6.92 Å². The lowest BCUT2D eigenvalue weighted by molar-refractivity contribution is -0.120. The Balaban J connectivity index is 1.85. The molecule has 0 spiro atoms. The highest BCUT2D eigenvalue weighted by Gasteiger charge is 2.08. The molecule has 0 fully saturated rings. The quantitative estimate of drug-likeness (QED) is 0.783. The molecule has 3 nitrogen and oxygen atoms in total. The summed E-state index contributed by atoms with van der Waals surface area (Å²) in [6, 6.07) is 13.3. The second-order valence-electron chi connectivity index (χ2n) is 4.50. The largest absolute Gasteiger partial charge is 0.494 e. The Bertz CT molecular complexity index is 593. The van der Waals surface area contributed by atoms with E-state index in [4.69, 9.17) is 9.47 Å². The molecule has 0 aliphatic rings. The predicted molar refractivity (Wildman–Crippen MR) is 78.2 cm³/mol. The van der Waals surface area contributed by atoms with Gasteiger partial charge in [0, 0.05) is 6.42 Å². The van der Waals surface area contributed by atoms with Crippen LogP contribution in [-0.2, 0) is 11.2 Å². The summed E-state index contributed by atoms with van der Waals surface area (Å²) >= 11 is 0. The Morgan fingerprint density at radius 1 is 1.00 bits per heavy atom. The van der Waals surface area contributed by atoms with Crippen molar-refractivity contribution >= 4 is 5.78 Å². The first kappa shape index (κ1) is 15.0. The fourth-order valence-corrected chi connectivity index (χ4v) is 1.87. The van der Waals surface area contributed by atoms with Gasteiger partial charge in [0.05, 0.1) is 6.61 Å². The summed E-state index contributed by atoms with van der Waals surface area (Å²) < 4.78 is 24.1. The number of halogens is 1. The van der Waals surface area contributed by atoms with Crippen molar-refractivity contribution < 1.29 is 18.7 Å². The van der Waals surface area contributed by atoms with Crippen LogP contribution in [0.1, 0.15) is 12.5 Å². The molecule has 0 N–H and O–H groups in total. The maximum atomic E-state index is 13.4. The molecule has 2 aromatic carbocycles. The van der Waals surface area contributed by atoms with Gasteiger partial charge in [-0.25, -0.2) is 4.39 Å². The van der Waals surface area contributed by atoms with Crippen molar-refractivity contribution in [1.82, 2.24) is 0 Å². The van der Waals surface area contributed by atoms with Gasteiger partial charge in [-0.2, -0.15) is 0 Å². The van der Waals surface area contributed by atoms with E-state index >= 15 is 0 Å². The van der Waals surface area contributed by atoms with Gasteiger partial charge in [0.15, 0.2) is 5.78 Å². The minimum atomic E-state index is -0.369. The van der Waals surface area contributed by atoms with Crippen LogP contribution < -0.4 is 9.47 Å². The lowest BCUT2D eigenvalue weighted by atomic mass is 10.1. The number of ketones is 1. The zero-order chi connectivity index (χ0) is 15.1. The molecule has 0 saturated carbocycles. The summed E-state index contributed by atoms with van der Waals surface area (Å²) in [5.41, 5.74) is 0.387. The lowest BCUT2D eigenvalue weighted by Gasteiger charge is -2.07. The van der Waals surface area contributed by atoms with Crippen molar-refractivity contribution in [3.63, 3.8) is 0 Å². The van der Waals surface area contributed by atoms with E-state index in [0.717, 1.165) is 5.75 Å². The van der Waals surface area contributed by atoms with Crippen molar-refractivity contribution in [2.75, 3.05) is 13.2 Å². The van der Waals surface area contributed by atoms with Crippen LogP contribution in [0.4, 0.5) is 4.39 Å². The molecular weight excluding hydrogens is 271 g/mol. The van der Waals surface area contributed by atoms with E-state index in [0.29, 0.717) is 17.9 Å². The number of carbonyl (C=O) groups excluding carboxylic acids is 1. The molecule has 0 radical (unpaired) electrons. The Kier molecular flexibility index (Phi) is 5.32. The van der Waals surface area contributed by atoms with E-state index < -0.39 is 0 Å². The normalized spacial score (nSPS) is 10.2. The van der Waals surface area contributed by atoms with Gasteiger partial charge in [-0.05, 0) is 42.8 Å². The Morgan fingerprint density at radius 3 is 2.24 bits per heavy atom. The number of benzene rings is 2. The van der Waals surface area contributed by atoms with Crippen LogP contribution in [-0.4, -0.2) is 19.0 Å². The topological polar surface area (TPSA) is 35.5 Å². The third-order valence-corrected chi connectivity index (χ3v) is 2.88. The second-order valence-corrected chi connectivity index (χ2v) is 4.50. The van der Waals surface area contributed by atoms with Crippen molar-refractivity contribution in [2.24, 2.45) is 0 Å². The number of hydrogen-bond donors (Lipinski definition) is 0. The van der Waals surface area contributed by atoms with Gasteiger partial charge in [-0.3, -0.25) is 4.79 Å². The molecule has 2 aromatic rings. The maximum Gasteiger partial charge on any atom is 0.174 e. The Hall–Kier alpha value is -2.36. The number of carbonyl (C=O) groups is 1. The highest BCUT2D eigenvalue weighted by atomic mass is 19.1. The van der Waals surface area contributed by atoms with E-state index in [9.17, 15) is 9.18 Å².